The molecule has 4 heterocycles. The van der Waals surface area contributed by atoms with Gasteiger partial charge >= 0.3 is 12.1 Å². The van der Waals surface area contributed by atoms with Crippen molar-refractivity contribution in [1.82, 2.24) is 35.4 Å². The van der Waals surface area contributed by atoms with E-state index < -0.39 is 40.9 Å². The van der Waals surface area contributed by atoms with Crippen molar-refractivity contribution < 1.29 is 29.0 Å². The number of nitrogens with one attached hydrogen (secondary N) is 2. The van der Waals surface area contributed by atoms with Gasteiger partial charge in [0.25, 0.3) is 11.8 Å². The number of β-lactam (4-membered cyclic amide) rings is 1. The predicted molar refractivity (Wildman–Crippen MR) is 163 cm³/mol. The highest BCUT2D eigenvalue weighted by Crippen LogP contribution is 2.41. The van der Waals surface area contributed by atoms with Crippen molar-refractivity contribution in [3.8, 4) is 0 Å². The van der Waals surface area contributed by atoms with E-state index in [2.05, 4.69) is 38.1 Å². The van der Waals surface area contributed by atoms with Crippen LogP contribution in [-0.4, -0.2) is 87.6 Å². The lowest BCUT2D eigenvalue weighted by Crippen LogP contribution is -2.70. The number of aliphatic carboxylic acids is 1. The zero-order chi connectivity index (χ0) is 31.3. The van der Waals surface area contributed by atoms with Gasteiger partial charge in [-0.25, -0.2) is 19.3 Å². The summed E-state index contributed by atoms with van der Waals surface area (Å²) in [6.45, 7) is 7.34. The predicted octanol–water partition coefficient (Wildman–Crippen LogP) is 3.51. The zero-order valence-electron chi connectivity index (χ0n) is 24.4. The van der Waals surface area contributed by atoms with E-state index in [0.717, 1.165) is 30.6 Å². The second-order valence-electron chi connectivity index (χ2n) is 10.8. The van der Waals surface area contributed by atoms with Gasteiger partial charge in [-0.3, -0.25) is 19.8 Å². The van der Waals surface area contributed by atoms with Crippen LogP contribution in [0.25, 0.3) is 5.57 Å². The van der Waals surface area contributed by atoms with Crippen LogP contribution in [0, 0.1) is 0 Å². The summed E-state index contributed by atoms with van der Waals surface area (Å²) in [5.74, 6) is -1.54. The topological polar surface area (TPSA) is 182 Å². The molecule has 2 aromatic rings. The van der Waals surface area contributed by atoms with Gasteiger partial charge in [-0.15, -0.1) is 28.2 Å². The number of ether oxygens (including phenoxy) is 1. The molecule has 0 aliphatic carbocycles. The fourth-order valence-electron chi connectivity index (χ4n) is 4.31. The van der Waals surface area contributed by atoms with Crippen LogP contribution in [0.1, 0.15) is 59.1 Å². The molecule has 2 aromatic heterocycles. The SMILES string of the molecule is CCCCC/C=C(\C(=O)NC1C(=O)N2C(C(=O)O)=C(CSc3nnnn3C)CS[C@@H]12)c1csc(NC(=O)OC(C)(C)C)n1. The van der Waals surface area contributed by atoms with Crippen molar-refractivity contribution in [2.45, 2.75) is 75.6 Å². The maximum absolute atomic E-state index is 13.5. The summed E-state index contributed by atoms with van der Waals surface area (Å²) >= 11 is 3.82. The summed E-state index contributed by atoms with van der Waals surface area (Å²) in [7, 11) is 1.68. The second-order valence-corrected chi connectivity index (χ2v) is 13.7. The summed E-state index contributed by atoms with van der Waals surface area (Å²) in [5.41, 5.74) is 0.449. The Morgan fingerprint density at radius 1 is 1.28 bits per heavy atom. The van der Waals surface area contributed by atoms with Crippen LogP contribution in [0.5, 0.6) is 0 Å². The zero-order valence-corrected chi connectivity index (χ0v) is 26.9. The number of thiazole rings is 1. The van der Waals surface area contributed by atoms with Crippen molar-refractivity contribution in [2.24, 2.45) is 7.05 Å². The molecule has 2 aliphatic heterocycles. The van der Waals surface area contributed by atoms with Crippen molar-refractivity contribution in [2.75, 3.05) is 16.8 Å². The fraction of sp³-hybridized carbons (Fsp3) is 0.538. The normalized spacial score (nSPS) is 18.7. The second kappa shape index (κ2) is 13.9. The number of carboxylic acids is 1. The van der Waals surface area contributed by atoms with E-state index in [-0.39, 0.29) is 16.4 Å². The maximum atomic E-state index is 13.5. The van der Waals surface area contributed by atoms with Gasteiger partial charge in [0, 0.05) is 23.9 Å². The van der Waals surface area contributed by atoms with Crippen LogP contribution < -0.4 is 10.6 Å². The Morgan fingerprint density at radius 3 is 2.70 bits per heavy atom. The van der Waals surface area contributed by atoms with Gasteiger partial charge in [0.05, 0.1) is 11.3 Å². The summed E-state index contributed by atoms with van der Waals surface area (Å²) in [4.78, 5) is 56.9. The van der Waals surface area contributed by atoms with E-state index >= 15 is 0 Å². The first-order valence-corrected chi connectivity index (χ1v) is 16.5. The Kier molecular flexibility index (Phi) is 10.5. The number of hydrogen-bond acceptors (Lipinski definition) is 12. The molecule has 14 nitrogen and oxygen atoms in total. The number of amides is 3. The van der Waals surface area contributed by atoms with Gasteiger partial charge in [-0.05, 0) is 49.6 Å². The summed E-state index contributed by atoms with van der Waals surface area (Å²) in [5, 5.41) is 28.5. The third-order valence-electron chi connectivity index (χ3n) is 6.28. The quantitative estimate of drug-likeness (QED) is 0.132. The molecule has 1 unspecified atom stereocenters. The van der Waals surface area contributed by atoms with E-state index in [4.69, 9.17) is 4.74 Å². The van der Waals surface area contributed by atoms with Gasteiger partial charge in [-0.2, -0.15) is 0 Å². The van der Waals surface area contributed by atoms with E-state index in [0.29, 0.717) is 34.3 Å². The molecule has 232 valence electrons. The van der Waals surface area contributed by atoms with Crippen LogP contribution in [0.4, 0.5) is 9.93 Å². The number of rotatable bonds is 12. The summed E-state index contributed by atoms with van der Waals surface area (Å²) in [6, 6.07) is -0.902. The average Bonchev–Trinajstić information content (AvgIpc) is 3.56. The van der Waals surface area contributed by atoms with Crippen LogP contribution in [-0.2, 0) is 26.2 Å². The molecule has 2 atom stereocenters. The summed E-state index contributed by atoms with van der Waals surface area (Å²) in [6.07, 6.45) is 4.62. The highest BCUT2D eigenvalue weighted by molar-refractivity contribution is 8.01. The van der Waals surface area contributed by atoms with Gasteiger partial charge < -0.3 is 15.2 Å². The van der Waals surface area contributed by atoms with Crippen LogP contribution in [0.3, 0.4) is 0 Å². The van der Waals surface area contributed by atoms with E-state index in [1.54, 1.807) is 39.3 Å². The number of carboxylic acid groups (broad SMARTS) is 1. The first-order valence-electron chi connectivity index (χ1n) is 13.6. The largest absolute Gasteiger partial charge is 0.477 e. The van der Waals surface area contributed by atoms with Gasteiger partial charge in [0.2, 0.25) is 5.16 Å². The molecule has 2 aliphatic rings. The van der Waals surface area contributed by atoms with E-state index in [1.165, 1.54) is 33.1 Å². The van der Waals surface area contributed by atoms with Crippen LogP contribution in [0.15, 0.2) is 27.9 Å². The van der Waals surface area contributed by atoms with E-state index in [1.807, 2.05) is 0 Å². The first-order chi connectivity index (χ1) is 20.4. The van der Waals surface area contributed by atoms with Crippen LogP contribution >= 0.6 is 34.9 Å². The number of carbonyl (C=O) groups excluding carboxylic acids is 3. The number of aromatic nitrogens is 5. The lowest BCUT2D eigenvalue weighted by atomic mass is 10.0. The monoisotopic (exact) mass is 650 g/mol. The molecule has 4 rings (SSSR count). The summed E-state index contributed by atoms with van der Waals surface area (Å²) < 4.78 is 6.76. The number of nitrogens with zero attached hydrogens (tertiary/aromatic N) is 6. The molecule has 0 aromatic carbocycles. The Labute approximate surface area is 261 Å². The first kappa shape index (κ1) is 32.5. The molecule has 1 saturated heterocycles. The smallest absolute Gasteiger partial charge is 0.413 e. The minimum absolute atomic E-state index is 0.0745. The van der Waals surface area contributed by atoms with Gasteiger partial charge in [-0.1, -0.05) is 37.6 Å². The number of anilines is 1. The molecule has 17 heteroatoms. The lowest BCUT2D eigenvalue weighted by Gasteiger charge is -2.49. The number of aryl methyl sites for hydroxylation is 1. The number of tetrazole rings is 1. The minimum atomic E-state index is -1.21. The maximum Gasteiger partial charge on any atom is 0.413 e. The molecule has 43 heavy (non-hydrogen) atoms. The third kappa shape index (κ3) is 7.94. The molecule has 0 radical (unpaired) electrons. The number of fused-ring (bicyclic) bond motifs is 1. The molecular formula is C26H34N8O6S3. The van der Waals surface area contributed by atoms with Crippen molar-refractivity contribution in [3.05, 3.63) is 28.4 Å². The van der Waals surface area contributed by atoms with Crippen molar-refractivity contribution >= 4 is 69.4 Å². The van der Waals surface area contributed by atoms with E-state index in [9.17, 15) is 24.3 Å². The Morgan fingerprint density at radius 2 is 2.05 bits per heavy atom. The van der Waals surface area contributed by atoms with Crippen LogP contribution in [0.2, 0.25) is 0 Å². The van der Waals surface area contributed by atoms with Gasteiger partial charge in [0.15, 0.2) is 5.13 Å². The highest BCUT2D eigenvalue weighted by atomic mass is 32.2. The Bertz CT molecular complexity index is 1450. The average molecular weight is 651 g/mol. The molecule has 3 amide bonds. The molecule has 1 fully saturated rings. The van der Waals surface area contributed by atoms with Crippen molar-refractivity contribution in [1.29, 1.82) is 0 Å². The minimum Gasteiger partial charge on any atom is -0.477 e. The lowest BCUT2D eigenvalue weighted by molar-refractivity contribution is -0.150. The Hall–Kier alpha value is -3.44. The van der Waals surface area contributed by atoms with Crippen molar-refractivity contribution in [3.63, 3.8) is 0 Å². The highest BCUT2D eigenvalue weighted by Gasteiger charge is 2.54. The molecule has 3 N–H and O–H groups in total. The number of allylic oxidation sites excluding steroid dienone is 1. The number of unbranched alkanes of at least 4 members (excludes halogenated alkanes) is 3. The molecular weight excluding hydrogens is 617 g/mol. The van der Waals surface area contributed by atoms with Gasteiger partial charge in [0.1, 0.15) is 22.7 Å². The molecule has 0 saturated carbocycles. The number of carbonyl (C=O) groups is 4. The number of thioether (sulfide) groups is 2. The molecule has 0 bridgehead atoms. The molecule has 0 spiro atoms. The Balaban J connectivity index is 1.47. The standard InChI is InChI=1S/C26H34N8O6S3/c1-6-7-8-9-10-15(16-13-42-23(27-16)29-25(39)40-26(2,3)4)19(35)28-17-20(36)34-18(22(37)38)14(11-41-21(17)34)12-43-24-30-31-32-33(24)5/h10,13,17,21H,6-9,11-12H2,1-5H3,(H,28,35)(H,37,38)(H,27,29,39)/b15-10-/t17?,21-/m0/s1. The fourth-order valence-corrected chi connectivity index (χ4v) is 7.34. The third-order valence-corrected chi connectivity index (χ3v) is 9.48. The number of hydrogen-bond donors (Lipinski definition) is 3.